The zero-order chi connectivity index (χ0) is 14.0. The lowest BCUT2D eigenvalue weighted by molar-refractivity contribution is 0.0586. The smallest absolute Gasteiger partial charge is 0.337 e. The second-order valence-corrected chi connectivity index (χ2v) is 5.56. The van der Waals surface area contributed by atoms with Crippen molar-refractivity contribution < 1.29 is 19.1 Å². The van der Waals surface area contributed by atoms with Gasteiger partial charge in [0.2, 0.25) is 0 Å². The van der Waals surface area contributed by atoms with Gasteiger partial charge in [-0.25, -0.2) is 9.59 Å². The first kappa shape index (κ1) is 16.9. The number of carbonyl (C=O) groups excluding carboxylic acids is 2. The molecular formula is C12H16O4S2. The van der Waals surface area contributed by atoms with E-state index in [-0.39, 0.29) is 0 Å². The average molecular weight is 288 g/mol. The van der Waals surface area contributed by atoms with Crippen LogP contribution in [0.4, 0.5) is 0 Å². The van der Waals surface area contributed by atoms with Crippen molar-refractivity contribution in [3.63, 3.8) is 0 Å². The fourth-order valence-electron chi connectivity index (χ4n) is 0.978. The Morgan fingerprint density at radius 3 is 1.28 bits per heavy atom. The number of hydrogen-bond acceptors (Lipinski definition) is 6. The second kappa shape index (κ2) is 9.85. The highest BCUT2D eigenvalue weighted by Crippen LogP contribution is 2.09. The summed E-state index contributed by atoms with van der Waals surface area (Å²) in [6.07, 6.45) is 4.12. The minimum Gasteiger partial charge on any atom is -0.465 e. The highest BCUT2D eigenvalue weighted by atomic mass is 33.1. The Morgan fingerprint density at radius 1 is 0.833 bits per heavy atom. The minimum atomic E-state index is -0.429. The zero-order valence-corrected chi connectivity index (χ0v) is 12.4. The van der Waals surface area contributed by atoms with Crippen LogP contribution in [0.3, 0.4) is 0 Å². The third-order valence-electron chi connectivity index (χ3n) is 1.89. The third kappa shape index (κ3) is 5.97. The largest absolute Gasteiger partial charge is 0.465 e. The molecule has 18 heavy (non-hydrogen) atoms. The Hall–Kier alpha value is -1.14. The minimum absolute atomic E-state index is 0.403. The van der Waals surface area contributed by atoms with Crippen molar-refractivity contribution in [3.8, 4) is 0 Å². The van der Waals surface area contributed by atoms with Gasteiger partial charge in [0.15, 0.2) is 0 Å². The van der Waals surface area contributed by atoms with E-state index in [4.69, 9.17) is 0 Å². The molecule has 0 amide bonds. The normalized spacial score (nSPS) is 8.89. The van der Waals surface area contributed by atoms with Gasteiger partial charge in [-0.3, -0.25) is 0 Å². The van der Waals surface area contributed by atoms with Crippen LogP contribution in [-0.2, 0) is 9.47 Å². The molecule has 0 spiro atoms. The topological polar surface area (TPSA) is 52.6 Å². The van der Waals surface area contributed by atoms with Crippen LogP contribution in [0.2, 0.25) is 0 Å². The summed E-state index contributed by atoms with van der Waals surface area (Å²) in [6, 6.07) is 6.05. The molecule has 0 saturated heterocycles. The van der Waals surface area contributed by atoms with Crippen LogP contribution in [0.5, 0.6) is 0 Å². The van der Waals surface area contributed by atoms with Crippen LogP contribution in [0.15, 0.2) is 24.3 Å². The lowest BCUT2D eigenvalue weighted by Gasteiger charge is -2.00. The van der Waals surface area contributed by atoms with Crippen molar-refractivity contribution in [1.29, 1.82) is 0 Å². The quantitative estimate of drug-likeness (QED) is 0.629. The van der Waals surface area contributed by atoms with Crippen LogP contribution < -0.4 is 0 Å². The second-order valence-electron chi connectivity index (χ2n) is 2.89. The van der Waals surface area contributed by atoms with E-state index in [1.807, 2.05) is 0 Å². The van der Waals surface area contributed by atoms with E-state index in [9.17, 15) is 9.59 Å². The number of esters is 2. The fourth-order valence-corrected chi connectivity index (χ4v) is 0.978. The molecule has 0 N–H and O–H groups in total. The molecule has 0 aliphatic carbocycles. The summed E-state index contributed by atoms with van der Waals surface area (Å²) in [7, 11) is 6.15. The van der Waals surface area contributed by atoms with Crippen LogP contribution in [0.1, 0.15) is 20.7 Å². The fraction of sp³-hybridized carbons (Fsp3) is 0.333. The number of benzene rings is 1. The monoisotopic (exact) mass is 288 g/mol. The van der Waals surface area contributed by atoms with Gasteiger partial charge >= 0.3 is 11.9 Å². The average Bonchev–Trinajstić information content (AvgIpc) is 2.46. The van der Waals surface area contributed by atoms with E-state index in [2.05, 4.69) is 22.0 Å². The van der Waals surface area contributed by atoms with Gasteiger partial charge in [-0.1, -0.05) is 21.6 Å². The van der Waals surface area contributed by atoms with E-state index in [1.165, 1.54) is 38.5 Å². The van der Waals surface area contributed by atoms with Gasteiger partial charge in [0.25, 0.3) is 0 Å². The Kier molecular flexibility index (Phi) is 9.22. The molecule has 0 unspecified atom stereocenters. The third-order valence-corrected chi connectivity index (χ3v) is 3.23. The highest BCUT2D eigenvalue weighted by Gasteiger charge is 2.08. The summed E-state index contributed by atoms with van der Waals surface area (Å²) in [4.78, 5) is 22.1. The van der Waals surface area contributed by atoms with Crippen molar-refractivity contribution in [1.82, 2.24) is 0 Å². The van der Waals surface area contributed by atoms with Crippen molar-refractivity contribution in [2.24, 2.45) is 0 Å². The van der Waals surface area contributed by atoms with Crippen LogP contribution in [0, 0.1) is 0 Å². The molecule has 0 heterocycles. The van der Waals surface area contributed by atoms with Gasteiger partial charge in [0.05, 0.1) is 25.3 Å². The van der Waals surface area contributed by atoms with Crippen molar-refractivity contribution >= 4 is 33.5 Å². The molecule has 0 radical (unpaired) electrons. The number of carbonyl (C=O) groups is 2. The maximum atomic E-state index is 11.0. The first-order valence-corrected chi connectivity index (χ1v) is 7.90. The van der Waals surface area contributed by atoms with Gasteiger partial charge in [0, 0.05) is 0 Å². The summed E-state index contributed by atoms with van der Waals surface area (Å²) >= 11 is 0. The van der Waals surface area contributed by atoms with Gasteiger partial charge in [-0.2, -0.15) is 0 Å². The van der Waals surface area contributed by atoms with E-state index < -0.39 is 11.9 Å². The highest BCUT2D eigenvalue weighted by molar-refractivity contribution is 8.76. The first-order chi connectivity index (χ1) is 8.60. The van der Waals surface area contributed by atoms with Gasteiger partial charge in [0.1, 0.15) is 0 Å². The van der Waals surface area contributed by atoms with Crippen molar-refractivity contribution in [3.05, 3.63) is 35.4 Å². The summed E-state index contributed by atoms with van der Waals surface area (Å²) in [5.74, 6) is -0.858. The number of ether oxygens (including phenoxy) is 2. The molecule has 0 saturated carbocycles. The molecular weight excluding hydrogens is 272 g/mol. The molecule has 100 valence electrons. The Bertz CT molecular complexity index is 339. The molecule has 1 aromatic rings. The molecule has 0 aliphatic heterocycles. The summed E-state index contributed by atoms with van der Waals surface area (Å²) in [5.41, 5.74) is 0.806. The number of methoxy groups -OCH3 is 2. The lowest BCUT2D eigenvalue weighted by atomic mass is 10.1. The van der Waals surface area contributed by atoms with E-state index in [1.54, 1.807) is 21.6 Å². The maximum absolute atomic E-state index is 11.0. The SMILES string of the molecule is COC(=O)c1ccc(C(=O)OC)cc1.CSSC. The van der Waals surface area contributed by atoms with Gasteiger partial charge in [-0.15, -0.1) is 0 Å². The van der Waals surface area contributed by atoms with E-state index >= 15 is 0 Å². The summed E-state index contributed by atoms with van der Waals surface area (Å²) in [6.45, 7) is 0. The number of hydrogen-bond donors (Lipinski definition) is 0. The molecule has 6 heteroatoms. The van der Waals surface area contributed by atoms with Crippen molar-refractivity contribution in [2.75, 3.05) is 26.7 Å². The molecule has 0 fully saturated rings. The standard InChI is InChI=1S/C10H10O4.C2H6S2/c1-13-9(11)7-3-5-8(6-4-7)10(12)14-2;1-3-4-2/h3-6H,1-2H3;1-2H3. The Labute approximate surface area is 115 Å². The predicted molar refractivity (Wildman–Crippen MR) is 76.2 cm³/mol. The van der Waals surface area contributed by atoms with Crippen LogP contribution >= 0.6 is 21.6 Å². The predicted octanol–water partition coefficient (Wildman–Crippen LogP) is 2.89. The summed E-state index contributed by atoms with van der Waals surface area (Å²) < 4.78 is 9.02. The molecule has 0 aliphatic rings. The Balaban J connectivity index is 0.000000631. The van der Waals surface area contributed by atoms with E-state index in [0.29, 0.717) is 11.1 Å². The molecule has 4 nitrogen and oxygen atoms in total. The number of rotatable bonds is 3. The van der Waals surface area contributed by atoms with Crippen LogP contribution in [0.25, 0.3) is 0 Å². The maximum Gasteiger partial charge on any atom is 0.337 e. The molecule has 0 aromatic heterocycles. The molecule has 1 rings (SSSR count). The lowest BCUT2D eigenvalue weighted by Crippen LogP contribution is -2.04. The van der Waals surface area contributed by atoms with Gasteiger partial charge < -0.3 is 9.47 Å². The van der Waals surface area contributed by atoms with Crippen molar-refractivity contribution in [2.45, 2.75) is 0 Å². The molecule has 0 bridgehead atoms. The first-order valence-electron chi connectivity index (χ1n) is 4.94. The molecule has 0 atom stereocenters. The summed E-state index contributed by atoms with van der Waals surface area (Å²) in [5, 5.41) is 0. The van der Waals surface area contributed by atoms with Crippen LogP contribution in [-0.4, -0.2) is 38.7 Å². The zero-order valence-electron chi connectivity index (χ0n) is 10.8. The molecule has 1 aromatic carbocycles. The van der Waals surface area contributed by atoms with E-state index in [0.717, 1.165) is 0 Å². The van der Waals surface area contributed by atoms with Gasteiger partial charge in [-0.05, 0) is 36.8 Å². The Morgan fingerprint density at radius 2 is 1.11 bits per heavy atom.